The van der Waals surface area contributed by atoms with E-state index in [1.165, 1.54) is 0 Å². The van der Waals surface area contributed by atoms with Crippen LogP contribution in [0.2, 0.25) is 0 Å². The molecule has 4 rings (SSSR count). The van der Waals surface area contributed by atoms with E-state index < -0.39 is 0 Å². The Kier molecular flexibility index (Phi) is 6.03. The molecule has 3 aromatic rings. The lowest BCUT2D eigenvalue weighted by atomic mass is 10.1. The summed E-state index contributed by atoms with van der Waals surface area (Å²) in [5, 5.41) is 7.68. The summed E-state index contributed by atoms with van der Waals surface area (Å²) in [5.41, 5.74) is 3.85. The Hall–Kier alpha value is -2.96. The van der Waals surface area contributed by atoms with E-state index in [9.17, 15) is 4.79 Å². The molecule has 1 N–H and O–H groups in total. The molecule has 1 aromatic heterocycles. The van der Waals surface area contributed by atoms with Gasteiger partial charge in [0.15, 0.2) is 0 Å². The van der Waals surface area contributed by atoms with Crippen molar-refractivity contribution in [3.8, 4) is 16.9 Å². The van der Waals surface area contributed by atoms with Crippen molar-refractivity contribution in [2.75, 3.05) is 31.7 Å². The number of aromatic nitrogens is 2. The Morgan fingerprint density at radius 2 is 2.07 bits per heavy atom. The number of ether oxygens (including phenoxy) is 2. The normalized spacial score (nSPS) is 16.1. The molecule has 6 nitrogen and oxygen atoms in total. The molecule has 2 heterocycles. The number of amides is 1. The van der Waals surface area contributed by atoms with Gasteiger partial charge in [0, 0.05) is 24.2 Å². The Morgan fingerprint density at radius 1 is 1.21 bits per heavy atom. The first-order valence-corrected chi connectivity index (χ1v) is 9.87. The summed E-state index contributed by atoms with van der Waals surface area (Å²) in [7, 11) is 0. The van der Waals surface area contributed by atoms with Crippen LogP contribution in [-0.4, -0.2) is 42.1 Å². The molecule has 0 aliphatic carbocycles. The molecule has 1 unspecified atom stereocenters. The van der Waals surface area contributed by atoms with Crippen molar-refractivity contribution < 1.29 is 14.3 Å². The van der Waals surface area contributed by atoms with Crippen molar-refractivity contribution >= 4 is 11.7 Å². The van der Waals surface area contributed by atoms with Gasteiger partial charge in [-0.15, -0.1) is 0 Å². The molecule has 0 bridgehead atoms. The van der Waals surface area contributed by atoms with Crippen molar-refractivity contribution in [1.29, 1.82) is 0 Å². The van der Waals surface area contributed by atoms with Crippen molar-refractivity contribution in [3.63, 3.8) is 0 Å². The molecule has 1 atom stereocenters. The van der Waals surface area contributed by atoms with Gasteiger partial charge >= 0.3 is 0 Å². The SMILES string of the molecule is Cc1cccc(-c2cc(NC(=O)COCC3CCOC3)n(-c3ccccc3)n2)c1. The Labute approximate surface area is 170 Å². The van der Waals surface area contributed by atoms with Crippen molar-refractivity contribution in [2.24, 2.45) is 5.92 Å². The predicted molar refractivity (Wildman–Crippen MR) is 112 cm³/mol. The van der Waals surface area contributed by atoms with Gasteiger partial charge in [0.2, 0.25) is 0 Å². The van der Waals surface area contributed by atoms with Crippen LogP contribution in [0.15, 0.2) is 60.7 Å². The number of nitrogens with zero attached hydrogens (tertiary/aromatic N) is 2. The van der Waals surface area contributed by atoms with Crippen LogP contribution >= 0.6 is 0 Å². The molecule has 150 valence electrons. The number of aryl methyl sites for hydroxylation is 1. The van der Waals surface area contributed by atoms with E-state index in [0.717, 1.165) is 35.5 Å². The maximum absolute atomic E-state index is 12.5. The number of anilines is 1. The molecule has 1 saturated heterocycles. The van der Waals surface area contributed by atoms with Gasteiger partial charge in [0.1, 0.15) is 12.4 Å². The average Bonchev–Trinajstić information content (AvgIpc) is 3.39. The molecule has 1 fully saturated rings. The first-order chi connectivity index (χ1) is 14.2. The van der Waals surface area contributed by atoms with Gasteiger partial charge in [-0.3, -0.25) is 4.79 Å². The Bertz CT molecular complexity index is 963. The molecular formula is C23H25N3O3. The summed E-state index contributed by atoms with van der Waals surface area (Å²) < 4.78 is 12.7. The zero-order valence-corrected chi connectivity index (χ0v) is 16.5. The molecule has 1 aliphatic rings. The quantitative estimate of drug-likeness (QED) is 0.665. The summed E-state index contributed by atoms with van der Waals surface area (Å²) in [6, 6.07) is 19.8. The predicted octanol–water partition coefficient (Wildman–Crippen LogP) is 3.84. The number of carbonyl (C=O) groups is 1. The molecule has 0 radical (unpaired) electrons. The highest BCUT2D eigenvalue weighted by molar-refractivity contribution is 5.91. The van der Waals surface area contributed by atoms with Gasteiger partial charge in [0.25, 0.3) is 5.91 Å². The standard InChI is InChI=1S/C23H25N3O3/c1-17-6-5-7-19(12-17)21-13-22(26(25-21)20-8-3-2-4-9-20)24-23(27)16-29-15-18-10-11-28-14-18/h2-9,12-13,18H,10-11,14-16H2,1H3,(H,24,27). The summed E-state index contributed by atoms with van der Waals surface area (Å²) >= 11 is 0. The second-order valence-electron chi connectivity index (χ2n) is 7.32. The Morgan fingerprint density at radius 3 is 2.83 bits per heavy atom. The van der Waals surface area contributed by atoms with E-state index in [1.807, 2.05) is 61.5 Å². The lowest BCUT2D eigenvalue weighted by Crippen LogP contribution is -2.22. The van der Waals surface area contributed by atoms with Crippen LogP contribution in [0.1, 0.15) is 12.0 Å². The third-order valence-electron chi connectivity index (χ3n) is 4.90. The monoisotopic (exact) mass is 391 g/mol. The van der Waals surface area contributed by atoms with Gasteiger partial charge in [-0.05, 0) is 31.5 Å². The minimum Gasteiger partial charge on any atom is -0.381 e. The van der Waals surface area contributed by atoms with E-state index in [2.05, 4.69) is 11.4 Å². The third-order valence-corrected chi connectivity index (χ3v) is 4.90. The first kappa shape index (κ1) is 19.4. The highest BCUT2D eigenvalue weighted by atomic mass is 16.5. The first-order valence-electron chi connectivity index (χ1n) is 9.87. The van der Waals surface area contributed by atoms with Crippen LogP contribution in [0.3, 0.4) is 0 Å². The number of para-hydroxylation sites is 1. The number of nitrogens with one attached hydrogen (secondary N) is 1. The lowest BCUT2D eigenvalue weighted by Gasteiger charge is -2.10. The van der Waals surface area contributed by atoms with Gasteiger partial charge in [-0.1, -0.05) is 42.0 Å². The fourth-order valence-electron chi connectivity index (χ4n) is 3.39. The van der Waals surface area contributed by atoms with Crippen LogP contribution in [0, 0.1) is 12.8 Å². The largest absolute Gasteiger partial charge is 0.381 e. The van der Waals surface area contributed by atoms with E-state index in [4.69, 9.17) is 14.6 Å². The molecular weight excluding hydrogens is 366 g/mol. The molecule has 1 amide bonds. The van der Waals surface area contributed by atoms with E-state index in [0.29, 0.717) is 24.9 Å². The van der Waals surface area contributed by atoms with Crippen LogP contribution in [0.25, 0.3) is 16.9 Å². The van der Waals surface area contributed by atoms with Crippen LogP contribution < -0.4 is 5.32 Å². The highest BCUT2D eigenvalue weighted by Crippen LogP contribution is 2.25. The summed E-state index contributed by atoms with van der Waals surface area (Å²) in [6.45, 7) is 4.09. The van der Waals surface area contributed by atoms with Gasteiger partial charge < -0.3 is 14.8 Å². The van der Waals surface area contributed by atoms with E-state index >= 15 is 0 Å². The fourth-order valence-corrected chi connectivity index (χ4v) is 3.39. The van der Waals surface area contributed by atoms with Crippen LogP contribution in [0.4, 0.5) is 5.82 Å². The molecule has 0 spiro atoms. The minimum absolute atomic E-state index is 0.0102. The lowest BCUT2D eigenvalue weighted by molar-refractivity contribution is -0.121. The highest BCUT2D eigenvalue weighted by Gasteiger charge is 2.17. The van der Waals surface area contributed by atoms with Gasteiger partial charge in [-0.2, -0.15) is 5.10 Å². The van der Waals surface area contributed by atoms with E-state index in [-0.39, 0.29) is 12.5 Å². The smallest absolute Gasteiger partial charge is 0.251 e. The molecule has 6 heteroatoms. The number of carbonyl (C=O) groups excluding carboxylic acids is 1. The maximum atomic E-state index is 12.5. The number of hydrogen-bond acceptors (Lipinski definition) is 4. The second-order valence-corrected chi connectivity index (χ2v) is 7.32. The zero-order chi connectivity index (χ0) is 20.1. The minimum atomic E-state index is -0.197. The van der Waals surface area contributed by atoms with E-state index in [1.54, 1.807) is 4.68 Å². The van der Waals surface area contributed by atoms with Gasteiger partial charge in [0.05, 0.1) is 24.6 Å². The van der Waals surface area contributed by atoms with Crippen LogP contribution in [0.5, 0.6) is 0 Å². The van der Waals surface area contributed by atoms with Crippen LogP contribution in [-0.2, 0) is 14.3 Å². The maximum Gasteiger partial charge on any atom is 0.251 e. The summed E-state index contributed by atoms with van der Waals surface area (Å²) in [6.07, 6.45) is 0.988. The average molecular weight is 391 g/mol. The number of hydrogen-bond donors (Lipinski definition) is 1. The zero-order valence-electron chi connectivity index (χ0n) is 16.5. The van der Waals surface area contributed by atoms with Crippen molar-refractivity contribution in [3.05, 3.63) is 66.2 Å². The van der Waals surface area contributed by atoms with Crippen molar-refractivity contribution in [1.82, 2.24) is 9.78 Å². The number of benzene rings is 2. The van der Waals surface area contributed by atoms with Gasteiger partial charge in [-0.25, -0.2) is 4.68 Å². The summed E-state index contributed by atoms with van der Waals surface area (Å²) in [5.74, 6) is 0.799. The Balaban J connectivity index is 1.51. The summed E-state index contributed by atoms with van der Waals surface area (Å²) in [4.78, 5) is 12.5. The second kappa shape index (κ2) is 9.03. The van der Waals surface area contributed by atoms with Crippen molar-refractivity contribution in [2.45, 2.75) is 13.3 Å². The molecule has 29 heavy (non-hydrogen) atoms. The fraction of sp³-hybridized carbons (Fsp3) is 0.304. The molecule has 0 saturated carbocycles. The topological polar surface area (TPSA) is 65.4 Å². The third kappa shape index (κ3) is 4.91. The number of rotatable bonds is 7. The molecule has 2 aromatic carbocycles. The molecule has 1 aliphatic heterocycles.